The fourth-order valence-corrected chi connectivity index (χ4v) is 4.39. The minimum absolute atomic E-state index is 0.0559. The number of rotatable bonds is 7. The van der Waals surface area contributed by atoms with E-state index in [1.807, 2.05) is 0 Å². The molecule has 27 heavy (non-hydrogen) atoms. The summed E-state index contributed by atoms with van der Waals surface area (Å²) in [7, 11) is -3.09. The molecule has 1 saturated heterocycles. The van der Waals surface area contributed by atoms with E-state index in [1.165, 1.54) is 35.3 Å². The number of hydrogen-bond acceptors (Lipinski definition) is 6. The van der Waals surface area contributed by atoms with E-state index in [-0.39, 0.29) is 30.3 Å². The molecule has 0 saturated carbocycles. The van der Waals surface area contributed by atoms with Crippen molar-refractivity contribution >= 4 is 33.4 Å². The lowest BCUT2D eigenvalue weighted by molar-refractivity contribution is -0.384. The van der Waals surface area contributed by atoms with Gasteiger partial charge in [0.1, 0.15) is 0 Å². The van der Waals surface area contributed by atoms with E-state index in [1.54, 1.807) is 13.0 Å². The Hall–Kier alpha value is -2.75. The zero-order valence-electron chi connectivity index (χ0n) is 14.8. The molecule has 2 amide bonds. The standard InChI is InChI=1S/C17H21N3O6S/c1-2-19(11-16(21)18-14-8-9-27(25,26)12-14)17(22)7-6-13-4-3-5-15(10-13)20(23)24/h3-7,10,14H,2,8-9,11-12H2,1H3,(H,18,21)/b7-6+. The van der Waals surface area contributed by atoms with E-state index in [0.29, 0.717) is 12.0 Å². The van der Waals surface area contributed by atoms with Crippen LogP contribution in [0.3, 0.4) is 0 Å². The van der Waals surface area contributed by atoms with Crippen LogP contribution in [0.25, 0.3) is 6.08 Å². The van der Waals surface area contributed by atoms with Gasteiger partial charge in [-0.1, -0.05) is 12.1 Å². The molecule has 10 heteroatoms. The molecule has 1 aliphatic heterocycles. The number of likely N-dealkylation sites (N-methyl/N-ethyl adjacent to an activating group) is 1. The van der Waals surface area contributed by atoms with Crippen LogP contribution in [-0.2, 0) is 19.4 Å². The third-order valence-electron chi connectivity index (χ3n) is 4.12. The van der Waals surface area contributed by atoms with Gasteiger partial charge in [0.25, 0.3) is 5.69 Å². The van der Waals surface area contributed by atoms with Crippen molar-refractivity contribution in [1.29, 1.82) is 0 Å². The fraction of sp³-hybridized carbons (Fsp3) is 0.412. The van der Waals surface area contributed by atoms with Gasteiger partial charge in [0.2, 0.25) is 11.8 Å². The number of hydrogen-bond donors (Lipinski definition) is 1. The molecule has 1 fully saturated rings. The molecule has 0 aromatic heterocycles. The van der Waals surface area contributed by atoms with E-state index in [0.717, 1.165) is 0 Å². The minimum atomic E-state index is -3.09. The van der Waals surface area contributed by atoms with E-state index >= 15 is 0 Å². The van der Waals surface area contributed by atoms with Crippen LogP contribution >= 0.6 is 0 Å². The summed E-state index contributed by atoms with van der Waals surface area (Å²) in [4.78, 5) is 35.9. The quantitative estimate of drug-likeness (QED) is 0.413. The Bertz CT molecular complexity index is 865. The van der Waals surface area contributed by atoms with Gasteiger partial charge in [-0.15, -0.1) is 0 Å². The largest absolute Gasteiger partial charge is 0.351 e. The summed E-state index contributed by atoms with van der Waals surface area (Å²) in [5, 5.41) is 13.4. The minimum Gasteiger partial charge on any atom is -0.351 e. The van der Waals surface area contributed by atoms with Gasteiger partial charge in [0.05, 0.1) is 23.0 Å². The molecule has 0 radical (unpaired) electrons. The summed E-state index contributed by atoms with van der Waals surface area (Å²) in [6.07, 6.45) is 3.07. The lowest BCUT2D eigenvalue weighted by Crippen LogP contribution is -2.44. The van der Waals surface area contributed by atoms with Crippen molar-refractivity contribution in [2.75, 3.05) is 24.6 Å². The number of carbonyl (C=O) groups is 2. The Balaban J connectivity index is 1.94. The molecule has 1 N–H and O–H groups in total. The van der Waals surface area contributed by atoms with Gasteiger partial charge in [-0.05, 0) is 25.0 Å². The molecule has 1 aromatic rings. The fourth-order valence-electron chi connectivity index (χ4n) is 2.72. The second-order valence-corrected chi connectivity index (χ2v) is 8.43. The Morgan fingerprint density at radius 3 is 2.74 bits per heavy atom. The Morgan fingerprint density at radius 2 is 2.15 bits per heavy atom. The number of amides is 2. The van der Waals surface area contributed by atoms with Crippen LogP contribution in [0.1, 0.15) is 18.9 Å². The lowest BCUT2D eigenvalue weighted by atomic mass is 10.2. The average molecular weight is 395 g/mol. The number of nitrogens with zero attached hydrogens (tertiary/aromatic N) is 2. The molecule has 0 bridgehead atoms. The van der Waals surface area contributed by atoms with Crippen LogP contribution in [0.15, 0.2) is 30.3 Å². The molecule has 0 spiro atoms. The smallest absolute Gasteiger partial charge is 0.270 e. The highest BCUT2D eigenvalue weighted by atomic mass is 32.2. The third kappa shape index (κ3) is 6.17. The number of nitro groups is 1. The normalized spacial score (nSPS) is 18.3. The Kier molecular flexibility index (Phi) is 6.67. The van der Waals surface area contributed by atoms with Crippen molar-refractivity contribution in [3.63, 3.8) is 0 Å². The van der Waals surface area contributed by atoms with Crippen LogP contribution in [-0.4, -0.2) is 60.7 Å². The molecule has 1 aliphatic rings. The van der Waals surface area contributed by atoms with Crippen LogP contribution in [0.2, 0.25) is 0 Å². The first-order valence-corrected chi connectivity index (χ1v) is 10.2. The van der Waals surface area contributed by atoms with Gasteiger partial charge < -0.3 is 10.2 Å². The van der Waals surface area contributed by atoms with E-state index in [4.69, 9.17) is 0 Å². The highest BCUT2D eigenvalue weighted by Gasteiger charge is 2.29. The van der Waals surface area contributed by atoms with Crippen molar-refractivity contribution in [2.45, 2.75) is 19.4 Å². The molecule has 9 nitrogen and oxygen atoms in total. The van der Waals surface area contributed by atoms with Crippen LogP contribution in [0, 0.1) is 10.1 Å². The topological polar surface area (TPSA) is 127 Å². The zero-order valence-corrected chi connectivity index (χ0v) is 15.6. The summed E-state index contributed by atoms with van der Waals surface area (Å²) >= 11 is 0. The maximum absolute atomic E-state index is 12.3. The van der Waals surface area contributed by atoms with E-state index in [9.17, 15) is 28.1 Å². The molecule has 1 atom stereocenters. The first-order chi connectivity index (χ1) is 12.7. The molecule has 1 aromatic carbocycles. The van der Waals surface area contributed by atoms with Gasteiger partial charge in [-0.2, -0.15) is 0 Å². The number of non-ortho nitro benzene ring substituents is 1. The van der Waals surface area contributed by atoms with Crippen LogP contribution in [0.4, 0.5) is 5.69 Å². The molecule has 2 rings (SSSR count). The predicted molar refractivity (Wildman–Crippen MR) is 99.6 cm³/mol. The number of sulfone groups is 1. The van der Waals surface area contributed by atoms with Crippen LogP contribution in [0.5, 0.6) is 0 Å². The maximum Gasteiger partial charge on any atom is 0.270 e. The predicted octanol–water partition coefficient (Wildman–Crippen LogP) is 0.760. The van der Waals surface area contributed by atoms with E-state index < -0.39 is 32.6 Å². The van der Waals surface area contributed by atoms with Crippen LogP contribution < -0.4 is 5.32 Å². The van der Waals surface area contributed by atoms with E-state index in [2.05, 4.69) is 5.32 Å². The van der Waals surface area contributed by atoms with Gasteiger partial charge >= 0.3 is 0 Å². The highest BCUT2D eigenvalue weighted by molar-refractivity contribution is 7.91. The molecular weight excluding hydrogens is 374 g/mol. The first-order valence-electron chi connectivity index (χ1n) is 8.41. The molecule has 1 unspecified atom stereocenters. The third-order valence-corrected chi connectivity index (χ3v) is 5.89. The summed E-state index contributed by atoms with van der Waals surface area (Å²) in [5.41, 5.74) is 0.414. The zero-order chi connectivity index (χ0) is 20.0. The average Bonchev–Trinajstić information content (AvgIpc) is 2.96. The van der Waals surface area contributed by atoms with Crippen molar-refractivity contribution in [3.05, 3.63) is 46.0 Å². The molecule has 0 aliphatic carbocycles. The van der Waals surface area contributed by atoms with Crippen molar-refractivity contribution in [3.8, 4) is 0 Å². The summed E-state index contributed by atoms with van der Waals surface area (Å²) < 4.78 is 22.9. The summed E-state index contributed by atoms with van der Waals surface area (Å²) in [6.45, 7) is 1.81. The summed E-state index contributed by atoms with van der Waals surface area (Å²) in [5.74, 6) is -0.861. The van der Waals surface area contributed by atoms with Crippen molar-refractivity contribution in [2.24, 2.45) is 0 Å². The second kappa shape index (κ2) is 8.76. The summed E-state index contributed by atoms with van der Waals surface area (Å²) in [6, 6.07) is 5.42. The molecular formula is C17H21N3O6S. The van der Waals surface area contributed by atoms with Crippen molar-refractivity contribution in [1.82, 2.24) is 10.2 Å². The lowest BCUT2D eigenvalue weighted by Gasteiger charge is -2.20. The highest BCUT2D eigenvalue weighted by Crippen LogP contribution is 2.14. The SMILES string of the molecule is CCN(CC(=O)NC1CCS(=O)(=O)C1)C(=O)/C=C/c1cccc([N+](=O)[O-])c1. The number of nitro benzene ring substituents is 1. The number of carbonyl (C=O) groups excluding carboxylic acids is 2. The molecule has 1 heterocycles. The van der Waals surface area contributed by atoms with Gasteiger partial charge in [-0.3, -0.25) is 19.7 Å². The molecule has 146 valence electrons. The maximum atomic E-state index is 12.3. The second-order valence-electron chi connectivity index (χ2n) is 6.21. The number of nitrogens with one attached hydrogen (secondary N) is 1. The van der Waals surface area contributed by atoms with Gasteiger partial charge in [0.15, 0.2) is 9.84 Å². The monoisotopic (exact) mass is 395 g/mol. The van der Waals surface area contributed by atoms with Gasteiger partial charge in [0, 0.05) is 30.8 Å². The van der Waals surface area contributed by atoms with Crippen molar-refractivity contribution < 1.29 is 22.9 Å². The Labute approximate surface area is 157 Å². The first kappa shape index (κ1) is 20.6. The number of benzene rings is 1. The van der Waals surface area contributed by atoms with Gasteiger partial charge in [-0.25, -0.2) is 8.42 Å². The Morgan fingerprint density at radius 1 is 1.41 bits per heavy atom.